The molecule has 1 N–H and O–H groups in total. The predicted molar refractivity (Wildman–Crippen MR) is 114 cm³/mol. The van der Waals surface area contributed by atoms with Gasteiger partial charge in [0.25, 0.3) is 5.56 Å². The zero-order chi connectivity index (χ0) is 18.5. The molecule has 3 aromatic rings. The van der Waals surface area contributed by atoms with E-state index in [4.69, 9.17) is 0 Å². The summed E-state index contributed by atoms with van der Waals surface area (Å²) in [6.07, 6.45) is 1.01. The van der Waals surface area contributed by atoms with Crippen LogP contribution in [0.2, 0.25) is 0 Å². The highest BCUT2D eigenvalue weighted by atomic mass is 32.2. The Morgan fingerprint density at radius 1 is 1.15 bits per heavy atom. The Morgan fingerprint density at radius 3 is 2.54 bits per heavy atom. The van der Waals surface area contributed by atoms with E-state index in [9.17, 15) is 4.79 Å². The molecule has 2 aromatic heterocycles. The first kappa shape index (κ1) is 19.1. The van der Waals surface area contributed by atoms with Crippen LogP contribution in [0.3, 0.4) is 0 Å². The first-order chi connectivity index (χ1) is 12.7. The molecule has 0 saturated heterocycles. The molecule has 3 rings (SSSR count). The summed E-state index contributed by atoms with van der Waals surface area (Å²) in [5, 5.41) is 3.45. The van der Waals surface area contributed by atoms with Gasteiger partial charge in [-0.1, -0.05) is 56.8 Å². The Bertz CT molecular complexity index is 911. The molecule has 0 unspecified atom stereocenters. The van der Waals surface area contributed by atoms with Crippen molar-refractivity contribution >= 4 is 33.3 Å². The highest BCUT2D eigenvalue weighted by Gasteiger charge is 2.13. The number of aromatic amines is 1. The topological polar surface area (TPSA) is 49.0 Å². The van der Waals surface area contributed by atoms with Crippen molar-refractivity contribution in [2.24, 2.45) is 0 Å². The van der Waals surface area contributed by atoms with Crippen LogP contribution >= 0.6 is 23.1 Å². The smallest absolute Gasteiger partial charge is 0.260 e. The second kappa shape index (κ2) is 8.84. The fourth-order valence-electron chi connectivity index (χ4n) is 2.94. The molecule has 2 heterocycles. The Labute approximate surface area is 162 Å². The van der Waals surface area contributed by atoms with Crippen LogP contribution in [0.5, 0.6) is 0 Å². The highest BCUT2D eigenvalue weighted by Crippen LogP contribution is 2.31. The van der Waals surface area contributed by atoms with Gasteiger partial charge in [-0.05, 0) is 30.6 Å². The molecule has 0 amide bonds. The number of fused-ring (bicyclic) bond motifs is 1. The van der Waals surface area contributed by atoms with Gasteiger partial charge in [0.1, 0.15) is 4.83 Å². The van der Waals surface area contributed by atoms with Crippen LogP contribution in [0.15, 0.2) is 39.6 Å². The highest BCUT2D eigenvalue weighted by molar-refractivity contribution is 7.99. The van der Waals surface area contributed by atoms with Crippen LogP contribution in [0.4, 0.5) is 0 Å². The Kier molecular flexibility index (Phi) is 6.51. The summed E-state index contributed by atoms with van der Waals surface area (Å²) in [5.41, 5.74) is 3.30. The van der Waals surface area contributed by atoms with Gasteiger partial charge >= 0.3 is 0 Å². The van der Waals surface area contributed by atoms with E-state index in [0.717, 1.165) is 47.8 Å². The normalized spacial score (nSPS) is 11.5. The van der Waals surface area contributed by atoms with Crippen LogP contribution in [0.1, 0.15) is 26.3 Å². The molecule has 1 aromatic carbocycles. The lowest BCUT2D eigenvalue weighted by Gasteiger charge is -2.16. The minimum atomic E-state index is -0.0452. The van der Waals surface area contributed by atoms with Crippen LogP contribution in [-0.4, -0.2) is 40.3 Å². The molecule has 0 saturated carbocycles. The lowest BCUT2D eigenvalue weighted by atomic mass is 10.0. The molecule has 0 aliphatic carbocycles. The van der Waals surface area contributed by atoms with Crippen molar-refractivity contribution in [3.05, 3.63) is 45.6 Å². The zero-order valence-electron chi connectivity index (χ0n) is 15.5. The van der Waals surface area contributed by atoms with E-state index in [2.05, 4.69) is 59.9 Å². The van der Waals surface area contributed by atoms with Crippen LogP contribution in [0, 0.1) is 0 Å². The summed E-state index contributed by atoms with van der Waals surface area (Å²) in [6.45, 7) is 9.57. The van der Waals surface area contributed by atoms with Crippen LogP contribution < -0.4 is 5.56 Å². The van der Waals surface area contributed by atoms with E-state index in [1.807, 2.05) is 5.38 Å². The molecule has 0 fully saturated rings. The molecule has 26 heavy (non-hydrogen) atoms. The number of nitrogens with zero attached hydrogens (tertiary/aromatic N) is 2. The van der Waals surface area contributed by atoms with E-state index in [1.54, 1.807) is 23.1 Å². The van der Waals surface area contributed by atoms with Crippen molar-refractivity contribution < 1.29 is 0 Å². The average Bonchev–Trinajstić information content (AvgIpc) is 3.10. The number of nitrogens with one attached hydrogen (secondary N) is 1. The third-order valence-corrected chi connectivity index (χ3v) is 6.36. The van der Waals surface area contributed by atoms with Gasteiger partial charge in [-0.25, -0.2) is 4.98 Å². The van der Waals surface area contributed by atoms with Gasteiger partial charge in [0.2, 0.25) is 0 Å². The molecular formula is C20H25N3OS2. The number of hydrogen-bond acceptors (Lipinski definition) is 5. The zero-order valence-corrected chi connectivity index (χ0v) is 17.2. The van der Waals surface area contributed by atoms with Crippen molar-refractivity contribution in [1.29, 1.82) is 0 Å². The Morgan fingerprint density at radius 2 is 1.88 bits per heavy atom. The minimum absolute atomic E-state index is 0.0452. The molecule has 138 valence electrons. The fraction of sp³-hybridized carbons (Fsp3) is 0.400. The molecule has 0 bridgehead atoms. The van der Waals surface area contributed by atoms with Crippen molar-refractivity contribution in [3.63, 3.8) is 0 Å². The molecule has 0 atom stereocenters. The number of thioether (sulfide) groups is 1. The largest absolute Gasteiger partial charge is 0.303 e. The first-order valence-corrected chi connectivity index (χ1v) is 11.0. The van der Waals surface area contributed by atoms with Gasteiger partial charge in [0.05, 0.1) is 5.39 Å². The van der Waals surface area contributed by atoms with Gasteiger partial charge in [-0.15, -0.1) is 11.3 Å². The maximum Gasteiger partial charge on any atom is 0.260 e. The summed E-state index contributed by atoms with van der Waals surface area (Å²) in [5.74, 6) is 0.923. The van der Waals surface area contributed by atoms with Crippen molar-refractivity contribution in [1.82, 2.24) is 14.9 Å². The van der Waals surface area contributed by atoms with E-state index < -0.39 is 0 Å². The molecule has 0 aliphatic heterocycles. The summed E-state index contributed by atoms with van der Waals surface area (Å²) in [7, 11) is 0. The van der Waals surface area contributed by atoms with Gasteiger partial charge < -0.3 is 9.88 Å². The molecule has 0 aliphatic rings. The number of aromatic nitrogens is 2. The SMILES string of the molecule is CCc1ccc(-c2csc3nc(SCCN(CC)CC)[nH]c(=O)c23)cc1. The monoisotopic (exact) mass is 387 g/mol. The lowest BCUT2D eigenvalue weighted by molar-refractivity contribution is 0.324. The van der Waals surface area contributed by atoms with Gasteiger partial charge in [0, 0.05) is 23.2 Å². The third kappa shape index (κ3) is 4.19. The number of H-pyrrole nitrogens is 1. The summed E-state index contributed by atoms with van der Waals surface area (Å²) >= 11 is 3.16. The number of rotatable bonds is 8. The summed E-state index contributed by atoms with van der Waals surface area (Å²) in [4.78, 5) is 23.5. The number of thiophene rings is 1. The molecule has 4 nitrogen and oxygen atoms in total. The summed E-state index contributed by atoms with van der Waals surface area (Å²) < 4.78 is 0. The maximum atomic E-state index is 12.7. The first-order valence-electron chi connectivity index (χ1n) is 9.12. The molecule has 0 radical (unpaired) electrons. The third-order valence-electron chi connectivity index (χ3n) is 4.64. The molecular weight excluding hydrogens is 362 g/mol. The van der Waals surface area contributed by atoms with Crippen LogP contribution in [0.25, 0.3) is 21.3 Å². The van der Waals surface area contributed by atoms with E-state index in [-0.39, 0.29) is 5.56 Å². The second-order valence-electron chi connectivity index (χ2n) is 6.13. The predicted octanol–water partition coefficient (Wildman–Crippen LogP) is 4.65. The van der Waals surface area contributed by atoms with Crippen molar-refractivity contribution in [2.75, 3.05) is 25.4 Å². The van der Waals surface area contributed by atoms with Crippen molar-refractivity contribution in [2.45, 2.75) is 32.3 Å². The van der Waals surface area contributed by atoms with Crippen LogP contribution in [-0.2, 0) is 6.42 Å². The van der Waals surface area contributed by atoms with E-state index in [1.165, 1.54) is 5.56 Å². The summed E-state index contributed by atoms with van der Waals surface area (Å²) in [6, 6.07) is 8.43. The average molecular weight is 388 g/mol. The fourth-order valence-corrected chi connectivity index (χ4v) is 4.81. The van der Waals surface area contributed by atoms with Gasteiger partial charge in [0.15, 0.2) is 5.16 Å². The number of hydrogen-bond donors (Lipinski definition) is 1. The second-order valence-corrected chi connectivity index (χ2v) is 8.07. The molecule has 6 heteroatoms. The molecule has 0 spiro atoms. The number of benzene rings is 1. The van der Waals surface area contributed by atoms with E-state index in [0.29, 0.717) is 10.5 Å². The van der Waals surface area contributed by atoms with Gasteiger partial charge in [-0.2, -0.15) is 0 Å². The van der Waals surface area contributed by atoms with Gasteiger partial charge in [-0.3, -0.25) is 4.79 Å². The Balaban J connectivity index is 1.83. The Hall–Kier alpha value is -1.63. The van der Waals surface area contributed by atoms with Crippen molar-refractivity contribution in [3.8, 4) is 11.1 Å². The minimum Gasteiger partial charge on any atom is -0.303 e. The lowest BCUT2D eigenvalue weighted by Crippen LogP contribution is -2.25. The maximum absolute atomic E-state index is 12.7. The quantitative estimate of drug-likeness (QED) is 0.451. The number of aryl methyl sites for hydroxylation is 1. The standard InChI is InChI=1S/C20H25N3OS2/c1-4-14-7-9-15(10-8-14)16-13-26-19-17(16)18(24)21-20(22-19)25-12-11-23(5-2)6-3/h7-10,13H,4-6,11-12H2,1-3H3,(H,21,22,24). The van der Waals surface area contributed by atoms with E-state index >= 15 is 0 Å².